The average Bonchev–Trinajstić information content (AvgIpc) is 3.13. The van der Waals surface area contributed by atoms with E-state index >= 15 is 0 Å². The van der Waals surface area contributed by atoms with Gasteiger partial charge in [-0.1, -0.05) is 48.5 Å². The van der Waals surface area contributed by atoms with Crippen LogP contribution in [0.1, 0.15) is 23.5 Å². The smallest absolute Gasteiger partial charge is 0.407 e. The Labute approximate surface area is 197 Å². The number of carbonyl (C=O) groups excluding carboxylic acids is 2. The first-order chi connectivity index (χ1) is 16.0. The van der Waals surface area contributed by atoms with Crippen molar-refractivity contribution in [1.29, 1.82) is 0 Å². The molecule has 2 amide bonds. The van der Waals surface area contributed by atoms with Crippen LogP contribution in [0, 0.1) is 0 Å². The Hall–Kier alpha value is -3.04. The van der Waals surface area contributed by atoms with Crippen LogP contribution in [0.2, 0.25) is 0 Å². The Morgan fingerprint density at radius 2 is 1.61 bits per heavy atom. The monoisotopic (exact) mass is 472 g/mol. The third-order valence-electron chi connectivity index (χ3n) is 5.51. The molecule has 3 rings (SSSR count). The number of carboxylic acid groups (broad SMARTS) is 1. The highest BCUT2D eigenvalue weighted by atomic mass is 32.2. The van der Waals surface area contributed by atoms with E-state index in [1.807, 2.05) is 42.7 Å². The van der Waals surface area contributed by atoms with Crippen molar-refractivity contribution >= 4 is 29.7 Å². The summed E-state index contributed by atoms with van der Waals surface area (Å²) in [7, 11) is 1.35. The van der Waals surface area contributed by atoms with Crippen LogP contribution in [0.15, 0.2) is 48.5 Å². The number of nitrogens with one attached hydrogen (secondary N) is 2. The normalized spacial score (nSPS) is 14.0. The van der Waals surface area contributed by atoms with Crippen LogP contribution in [0.5, 0.6) is 0 Å². The number of benzene rings is 2. The molecular formula is C24H28N2O6S. The Bertz CT molecular complexity index is 953. The maximum atomic E-state index is 12.7. The molecule has 0 fully saturated rings. The van der Waals surface area contributed by atoms with E-state index in [9.17, 15) is 19.5 Å². The van der Waals surface area contributed by atoms with E-state index in [1.165, 1.54) is 18.9 Å². The van der Waals surface area contributed by atoms with Crippen molar-refractivity contribution in [3.8, 4) is 11.1 Å². The summed E-state index contributed by atoms with van der Waals surface area (Å²) in [6.45, 7) is -0.0561. The predicted molar refractivity (Wildman–Crippen MR) is 126 cm³/mol. The Balaban J connectivity index is 1.65. The molecule has 8 nitrogen and oxygen atoms in total. The van der Waals surface area contributed by atoms with E-state index in [0.29, 0.717) is 12.2 Å². The fourth-order valence-corrected chi connectivity index (χ4v) is 4.37. The summed E-state index contributed by atoms with van der Waals surface area (Å²) < 4.78 is 10.4. The second kappa shape index (κ2) is 11.7. The van der Waals surface area contributed by atoms with Crippen LogP contribution in [-0.2, 0) is 19.1 Å². The highest BCUT2D eigenvalue weighted by Crippen LogP contribution is 2.44. The predicted octanol–water partition coefficient (Wildman–Crippen LogP) is 2.86. The van der Waals surface area contributed by atoms with Gasteiger partial charge in [-0.2, -0.15) is 11.8 Å². The number of amides is 2. The maximum Gasteiger partial charge on any atom is 0.407 e. The van der Waals surface area contributed by atoms with Crippen molar-refractivity contribution in [2.45, 2.75) is 24.4 Å². The number of methoxy groups -OCH3 is 1. The van der Waals surface area contributed by atoms with Gasteiger partial charge in [0.05, 0.1) is 6.61 Å². The number of hydrogen-bond donors (Lipinski definition) is 3. The molecule has 0 aliphatic heterocycles. The first kappa shape index (κ1) is 24.6. The van der Waals surface area contributed by atoms with Gasteiger partial charge in [0, 0.05) is 13.0 Å². The SMILES string of the molecule is COCC(NC(=O)[C@@H](CCSC)NC(=O)OCC1c2ccccc2-c2ccccc21)C(=O)O. The van der Waals surface area contributed by atoms with Gasteiger partial charge in [-0.25, -0.2) is 9.59 Å². The van der Waals surface area contributed by atoms with E-state index in [4.69, 9.17) is 9.47 Å². The van der Waals surface area contributed by atoms with Gasteiger partial charge in [-0.15, -0.1) is 0 Å². The number of rotatable bonds is 11. The molecule has 176 valence electrons. The molecule has 0 saturated carbocycles. The molecule has 2 aromatic carbocycles. The second-order valence-electron chi connectivity index (χ2n) is 7.66. The standard InChI is InChI=1S/C24H28N2O6S/c1-31-14-21(23(28)29)25-22(27)20(11-12-33-2)26-24(30)32-13-19-17-9-5-3-7-15(17)16-8-4-6-10-18(16)19/h3-10,19-21H,11-14H2,1-2H3,(H,25,27)(H,26,30)(H,28,29)/t20-,21?/m1/s1. The molecule has 0 aromatic heterocycles. The molecule has 33 heavy (non-hydrogen) atoms. The lowest BCUT2D eigenvalue weighted by molar-refractivity contribution is -0.143. The molecule has 0 radical (unpaired) electrons. The maximum absolute atomic E-state index is 12.7. The highest BCUT2D eigenvalue weighted by Gasteiger charge is 2.30. The molecule has 0 bridgehead atoms. The zero-order valence-electron chi connectivity index (χ0n) is 18.6. The lowest BCUT2D eigenvalue weighted by atomic mass is 9.98. The molecule has 0 heterocycles. The zero-order chi connectivity index (χ0) is 23.8. The summed E-state index contributed by atoms with van der Waals surface area (Å²) >= 11 is 1.52. The summed E-state index contributed by atoms with van der Waals surface area (Å²) in [4.78, 5) is 36.6. The van der Waals surface area contributed by atoms with Gasteiger partial charge < -0.3 is 25.2 Å². The number of hydrogen-bond acceptors (Lipinski definition) is 6. The first-order valence-corrected chi connectivity index (χ1v) is 12.0. The summed E-state index contributed by atoms with van der Waals surface area (Å²) in [6, 6.07) is 13.9. The Kier molecular flexibility index (Phi) is 8.73. The topological polar surface area (TPSA) is 114 Å². The zero-order valence-corrected chi connectivity index (χ0v) is 19.4. The van der Waals surface area contributed by atoms with Crippen LogP contribution >= 0.6 is 11.8 Å². The lowest BCUT2D eigenvalue weighted by Gasteiger charge is -2.21. The number of carbonyl (C=O) groups is 3. The number of aliphatic carboxylic acids is 1. The minimum absolute atomic E-state index is 0.0975. The molecule has 1 aliphatic rings. The van der Waals surface area contributed by atoms with Gasteiger partial charge in [-0.3, -0.25) is 4.79 Å². The van der Waals surface area contributed by atoms with E-state index < -0.39 is 30.1 Å². The van der Waals surface area contributed by atoms with Crippen molar-refractivity contribution in [3.63, 3.8) is 0 Å². The van der Waals surface area contributed by atoms with Crippen LogP contribution in [0.25, 0.3) is 11.1 Å². The van der Waals surface area contributed by atoms with Crippen molar-refractivity contribution in [2.75, 3.05) is 32.3 Å². The van der Waals surface area contributed by atoms with Crippen LogP contribution in [0.3, 0.4) is 0 Å². The van der Waals surface area contributed by atoms with Gasteiger partial charge in [-0.05, 0) is 40.7 Å². The molecule has 9 heteroatoms. The van der Waals surface area contributed by atoms with Crippen molar-refractivity contribution < 1.29 is 29.0 Å². The fourth-order valence-electron chi connectivity index (χ4n) is 3.90. The number of fused-ring (bicyclic) bond motifs is 3. The van der Waals surface area contributed by atoms with E-state index in [2.05, 4.69) is 22.8 Å². The van der Waals surface area contributed by atoms with Gasteiger partial charge >= 0.3 is 12.1 Å². The Morgan fingerprint density at radius 3 is 2.15 bits per heavy atom. The number of thioether (sulfide) groups is 1. The van der Waals surface area contributed by atoms with Crippen molar-refractivity contribution in [2.24, 2.45) is 0 Å². The summed E-state index contributed by atoms with van der Waals surface area (Å²) in [5.74, 6) is -1.30. The largest absolute Gasteiger partial charge is 0.480 e. The van der Waals surface area contributed by atoms with Crippen LogP contribution < -0.4 is 10.6 Å². The molecule has 1 aliphatic carbocycles. The van der Waals surface area contributed by atoms with Crippen LogP contribution in [0.4, 0.5) is 4.79 Å². The average molecular weight is 473 g/mol. The third-order valence-corrected chi connectivity index (χ3v) is 6.15. The highest BCUT2D eigenvalue weighted by molar-refractivity contribution is 7.98. The number of carboxylic acids is 1. The van der Waals surface area contributed by atoms with Crippen LogP contribution in [-0.4, -0.2) is 67.5 Å². The van der Waals surface area contributed by atoms with E-state index in [-0.39, 0.29) is 19.1 Å². The summed E-state index contributed by atoms with van der Waals surface area (Å²) in [5, 5.41) is 14.2. The minimum Gasteiger partial charge on any atom is -0.480 e. The molecule has 3 N–H and O–H groups in total. The van der Waals surface area contributed by atoms with E-state index in [0.717, 1.165) is 22.3 Å². The first-order valence-electron chi connectivity index (χ1n) is 10.6. The number of ether oxygens (including phenoxy) is 2. The van der Waals surface area contributed by atoms with Gasteiger partial charge in [0.1, 0.15) is 12.6 Å². The second-order valence-corrected chi connectivity index (χ2v) is 8.64. The van der Waals surface area contributed by atoms with Gasteiger partial charge in [0.2, 0.25) is 5.91 Å². The van der Waals surface area contributed by atoms with Crippen molar-refractivity contribution in [3.05, 3.63) is 59.7 Å². The molecule has 0 saturated heterocycles. The summed E-state index contributed by atoms with van der Waals surface area (Å²) in [5.41, 5.74) is 4.42. The summed E-state index contributed by atoms with van der Waals surface area (Å²) in [6.07, 6.45) is 1.49. The molecule has 1 unspecified atom stereocenters. The minimum atomic E-state index is -1.21. The molecular weight excluding hydrogens is 444 g/mol. The van der Waals surface area contributed by atoms with Gasteiger partial charge in [0.25, 0.3) is 0 Å². The van der Waals surface area contributed by atoms with E-state index in [1.54, 1.807) is 0 Å². The third kappa shape index (κ3) is 6.06. The Morgan fingerprint density at radius 1 is 1.00 bits per heavy atom. The fraction of sp³-hybridized carbons (Fsp3) is 0.375. The lowest BCUT2D eigenvalue weighted by Crippen LogP contribution is -2.53. The molecule has 2 atom stereocenters. The molecule has 2 aromatic rings. The molecule has 0 spiro atoms. The number of alkyl carbamates (subject to hydrolysis) is 1. The quantitative estimate of drug-likeness (QED) is 0.461. The van der Waals surface area contributed by atoms with Gasteiger partial charge in [0.15, 0.2) is 6.04 Å². The van der Waals surface area contributed by atoms with Crippen molar-refractivity contribution in [1.82, 2.24) is 10.6 Å².